The summed E-state index contributed by atoms with van der Waals surface area (Å²) in [5, 5.41) is 0.921. The van der Waals surface area contributed by atoms with Crippen LogP contribution in [0.4, 0.5) is 0 Å². The van der Waals surface area contributed by atoms with E-state index in [0.29, 0.717) is 5.58 Å². The summed E-state index contributed by atoms with van der Waals surface area (Å²) in [5.41, 5.74) is 1.49. The van der Waals surface area contributed by atoms with Crippen LogP contribution in [0.3, 0.4) is 0 Å². The van der Waals surface area contributed by atoms with Crippen LogP contribution in [0.5, 0.6) is 0 Å². The molecule has 3 nitrogen and oxygen atoms in total. The van der Waals surface area contributed by atoms with Gasteiger partial charge in [0.1, 0.15) is 5.58 Å². The summed E-state index contributed by atoms with van der Waals surface area (Å²) in [5.74, 6) is -0.176. The first kappa shape index (κ1) is 10.2. The van der Waals surface area contributed by atoms with E-state index in [1.165, 1.54) is 7.11 Å². The molecule has 1 heterocycles. The van der Waals surface area contributed by atoms with E-state index in [0.717, 1.165) is 15.4 Å². The molecule has 0 atom stereocenters. The molecule has 1 aromatic heterocycles. The molecule has 4 heteroatoms. The molecule has 1 aromatic carbocycles. The van der Waals surface area contributed by atoms with Gasteiger partial charge in [0.25, 0.3) is 0 Å². The molecule has 0 radical (unpaired) electrons. The molecule has 15 heavy (non-hydrogen) atoms. The number of fused-ring (bicyclic) bond motifs is 1. The number of ether oxygens (including phenoxy) is 1. The van der Waals surface area contributed by atoms with E-state index in [4.69, 9.17) is 4.42 Å². The predicted molar refractivity (Wildman–Crippen MR) is 60.0 cm³/mol. The first-order chi connectivity index (χ1) is 7.13. The highest BCUT2D eigenvalue weighted by Gasteiger charge is 2.17. The summed E-state index contributed by atoms with van der Waals surface area (Å²) >= 11 is 3.37. The van der Waals surface area contributed by atoms with E-state index in [-0.39, 0.29) is 5.76 Å². The molecule has 0 aliphatic heterocycles. The molecule has 0 N–H and O–H groups in total. The average molecular weight is 269 g/mol. The molecule has 0 saturated heterocycles. The van der Waals surface area contributed by atoms with Gasteiger partial charge in [-0.3, -0.25) is 0 Å². The first-order valence-electron chi connectivity index (χ1n) is 4.40. The summed E-state index contributed by atoms with van der Waals surface area (Å²) in [6.45, 7) is 1.84. The van der Waals surface area contributed by atoms with Gasteiger partial charge in [0.05, 0.1) is 7.11 Å². The van der Waals surface area contributed by atoms with E-state index in [2.05, 4.69) is 20.7 Å². The third-order valence-corrected chi connectivity index (χ3v) is 2.76. The van der Waals surface area contributed by atoms with Gasteiger partial charge >= 0.3 is 5.97 Å². The van der Waals surface area contributed by atoms with Crippen molar-refractivity contribution >= 4 is 32.9 Å². The molecular formula is C11H9BrO3. The van der Waals surface area contributed by atoms with Crippen LogP contribution >= 0.6 is 15.9 Å². The Morgan fingerprint density at radius 3 is 2.87 bits per heavy atom. The smallest absolute Gasteiger partial charge is 0.374 e. The van der Waals surface area contributed by atoms with Gasteiger partial charge in [-0.25, -0.2) is 4.79 Å². The Morgan fingerprint density at radius 1 is 1.47 bits per heavy atom. The lowest BCUT2D eigenvalue weighted by Gasteiger charge is -1.94. The topological polar surface area (TPSA) is 39.4 Å². The number of benzene rings is 1. The van der Waals surface area contributed by atoms with Crippen LogP contribution in [0.1, 0.15) is 16.1 Å². The Balaban J connectivity index is 2.69. The zero-order valence-corrected chi connectivity index (χ0v) is 9.92. The monoisotopic (exact) mass is 268 g/mol. The average Bonchev–Trinajstić information content (AvgIpc) is 2.55. The van der Waals surface area contributed by atoms with Crippen molar-refractivity contribution in [1.29, 1.82) is 0 Å². The van der Waals surface area contributed by atoms with Crippen LogP contribution in [0.2, 0.25) is 0 Å². The molecule has 0 fully saturated rings. The van der Waals surface area contributed by atoms with Crippen molar-refractivity contribution in [3.8, 4) is 0 Å². The molecule has 0 amide bonds. The highest BCUT2D eigenvalue weighted by molar-refractivity contribution is 9.10. The molecule has 78 valence electrons. The van der Waals surface area contributed by atoms with Gasteiger partial charge in [-0.05, 0) is 25.1 Å². The molecule has 2 rings (SSSR count). The minimum Gasteiger partial charge on any atom is -0.463 e. The minimum absolute atomic E-state index is 0.269. The Hall–Kier alpha value is -1.29. The highest BCUT2D eigenvalue weighted by atomic mass is 79.9. The summed E-state index contributed by atoms with van der Waals surface area (Å²) < 4.78 is 11.0. The van der Waals surface area contributed by atoms with Gasteiger partial charge in [-0.2, -0.15) is 0 Å². The molecule has 0 aliphatic rings. The fourth-order valence-electron chi connectivity index (χ4n) is 1.48. The molecule has 0 bridgehead atoms. The Labute approximate surface area is 95.1 Å². The van der Waals surface area contributed by atoms with Crippen molar-refractivity contribution in [3.05, 3.63) is 34.0 Å². The van der Waals surface area contributed by atoms with Gasteiger partial charge in [-0.1, -0.05) is 15.9 Å². The van der Waals surface area contributed by atoms with Gasteiger partial charge in [0.2, 0.25) is 5.76 Å². The molecule has 0 aliphatic carbocycles. The maximum absolute atomic E-state index is 11.4. The lowest BCUT2D eigenvalue weighted by molar-refractivity contribution is 0.0566. The number of aryl methyl sites for hydroxylation is 1. The fraction of sp³-hybridized carbons (Fsp3) is 0.182. The second kappa shape index (κ2) is 3.70. The van der Waals surface area contributed by atoms with E-state index in [9.17, 15) is 4.79 Å². The number of rotatable bonds is 1. The van der Waals surface area contributed by atoms with Gasteiger partial charge < -0.3 is 9.15 Å². The lowest BCUT2D eigenvalue weighted by Crippen LogP contribution is -2.00. The van der Waals surface area contributed by atoms with Gasteiger partial charge in [-0.15, -0.1) is 0 Å². The standard InChI is InChI=1S/C11H9BrO3/c1-6-8-5-7(12)3-4-9(8)15-10(6)11(13)14-2/h3-5H,1-2H3. The molecule has 0 spiro atoms. The number of methoxy groups -OCH3 is 1. The largest absolute Gasteiger partial charge is 0.463 e. The van der Waals surface area contributed by atoms with E-state index >= 15 is 0 Å². The summed E-state index contributed by atoms with van der Waals surface area (Å²) in [6.07, 6.45) is 0. The first-order valence-corrected chi connectivity index (χ1v) is 5.19. The maximum Gasteiger partial charge on any atom is 0.374 e. The third kappa shape index (κ3) is 1.65. The summed E-state index contributed by atoms with van der Waals surface area (Å²) in [6, 6.07) is 5.60. The van der Waals surface area contributed by atoms with Crippen molar-refractivity contribution in [3.63, 3.8) is 0 Å². The van der Waals surface area contributed by atoms with Crippen molar-refractivity contribution in [1.82, 2.24) is 0 Å². The van der Waals surface area contributed by atoms with Gasteiger partial charge in [0, 0.05) is 15.4 Å². The number of hydrogen-bond donors (Lipinski definition) is 0. The van der Waals surface area contributed by atoms with Crippen LogP contribution in [0.15, 0.2) is 27.1 Å². The second-order valence-electron chi connectivity index (χ2n) is 3.19. The number of carbonyl (C=O) groups excluding carboxylic acids is 1. The zero-order chi connectivity index (χ0) is 11.0. The van der Waals surface area contributed by atoms with E-state index < -0.39 is 5.97 Å². The third-order valence-electron chi connectivity index (χ3n) is 2.27. The fourth-order valence-corrected chi connectivity index (χ4v) is 1.84. The zero-order valence-electron chi connectivity index (χ0n) is 8.33. The van der Waals surface area contributed by atoms with Crippen molar-refractivity contribution in [2.24, 2.45) is 0 Å². The molecule has 0 saturated carbocycles. The Morgan fingerprint density at radius 2 is 2.20 bits per heavy atom. The molecule has 0 unspecified atom stereocenters. The van der Waals surface area contributed by atoms with Crippen molar-refractivity contribution in [2.75, 3.05) is 7.11 Å². The number of hydrogen-bond acceptors (Lipinski definition) is 3. The Kier molecular flexibility index (Phi) is 2.52. The normalized spacial score (nSPS) is 10.6. The van der Waals surface area contributed by atoms with E-state index in [1.807, 2.05) is 25.1 Å². The van der Waals surface area contributed by atoms with Gasteiger partial charge in [0.15, 0.2) is 0 Å². The number of carbonyl (C=O) groups is 1. The second-order valence-corrected chi connectivity index (χ2v) is 4.10. The van der Waals surface area contributed by atoms with Crippen LogP contribution in [-0.2, 0) is 4.74 Å². The van der Waals surface area contributed by atoms with E-state index in [1.54, 1.807) is 0 Å². The van der Waals surface area contributed by atoms with Crippen LogP contribution in [-0.4, -0.2) is 13.1 Å². The maximum atomic E-state index is 11.4. The quantitative estimate of drug-likeness (QED) is 0.746. The minimum atomic E-state index is -0.445. The van der Waals surface area contributed by atoms with Crippen LogP contribution in [0.25, 0.3) is 11.0 Å². The summed E-state index contributed by atoms with van der Waals surface area (Å²) in [4.78, 5) is 11.4. The molecular weight excluding hydrogens is 260 g/mol. The molecule has 2 aromatic rings. The summed E-state index contributed by atoms with van der Waals surface area (Å²) in [7, 11) is 1.34. The Bertz CT molecular complexity index is 528. The number of halogens is 1. The number of furan rings is 1. The van der Waals surface area contributed by atoms with Crippen LogP contribution in [0, 0.1) is 6.92 Å². The van der Waals surface area contributed by atoms with Crippen molar-refractivity contribution in [2.45, 2.75) is 6.92 Å². The van der Waals surface area contributed by atoms with Crippen LogP contribution < -0.4 is 0 Å². The highest BCUT2D eigenvalue weighted by Crippen LogP contribution is 2.28. The van der Waals surface area contributed by atoms with Crippen molar-refractivity contribution < 1.29 is 13.9 Å². The SMILES string of the molecule is COC(=O)c1oc2ccc(Br)cc2c1C. The number of esters is 1. The predicted octanol–water partition coefficient (Wildman–Crippen LogP) is 3.29. The lowest BCUT2D eigenvalue weighted by atomic mass is 10.1.